The van der Waals surface area contributed by atoms with Crippen LogP contribution in [0.4, 0.5) is 0 Å². The highest BCUT2D eigenvalue weighted by Gasteiger charge is 2.44. The van der Waals surface area contributed by atoms with Gasteiger partial charge in [-0.25, -0.2) is 18.2 Å². The van der Waals surface area contributed by atoms with E-state index < -0.39 is 10.0 Å². The molecule has 1 fully saturated rings. The number of sulfonamides is 1. The van der Waals surface area contributed by atoms with Gasteiger partial charge < -0.3 is 9.47 Å². The van der Waals surface area contributed by atoms with E-state index >= 15 is 0 Å². The smallest absolute Gasteiger partial charge is 0.245 e. The Labute approximate surface area is 92.2 Å². The number of primary sulfonamides is 1. The van der Waals surface area contributed by atoms with E-state index in [0.717, 1.165) is 0 Å². The molecule has 8 heteroatoms. The minimum Gasteiger partial charge on any atom is -0.476 e. The number of nitrogens with two attached hydrogens (primary N) is 1. The maximum atomic E-state index is 11.2. The molecule has 0 saturated carbocycles. The normalized spacial score (nSPS) is 22.3. The molecule has 1 spiro atoms. The van der Waals surface area contributed by atoms with Gasteiger partial charge in [0.25, 0.3) is 0 Å². The van der Waals surface area contributed by atoms with E-state index in [9.17, 15) is 8.42 Å². The molecule has 1 saturated heterocycles. The second kappa shape index (κ2) is 2.96. The molecule has 7 nitrogen and oxygen atoms in total. The number of aromatic nitrogens is 2. The summed E-state index contributed by atoms with van der Waals surface area (Å²) in [6.45, 7) is 2.30. The van der Waals surface area contributed by atoms with E-state index in [2.05, 4.69) is 5.10 Å². The first-order valence-corrected chi connectivity index (χ1v) is 6.34. The molecule has 2 aliphatic rings. The lowest BCUT2D eigenvalue weighted by Crippen LogP contribution is -2.52. The van der Waals surface area contributed by atoms with Crippen molar-refractivity contribution in [2.45, 2.75) is 11.4 Å². The standard InChI is InChI=1S/C8H11N3O4S/c9-16(12,13)6-1-10-11-2-8(3-14-4-8)5-15-7(6)11/h1H,2-5H2,(H2,9,12,13). The van der Waals surface area contributed by atoms with Crippen molar-refractivity contribution < 1.29 is 17.9 Å². The summed E-state index contributed by atoms with van der Waals surface area (Å²) in [6.07, 6.45) is 1.23. The first kappa shape index (κ1) is 10.1. The molecule has 3 rings (SSSR count). The zero-order valence-corrected chi connectivity index (χ0v) is 9.24. The quantitative estimate of drug-likeness (QED) is 0.680. The summed E-state index contributed by atoms with van der Waals surface area (Å²) in [6, 6.07) is 0. The van der Waals surface area contributed by atoms with Crippen molar-refractivity contribution in [1.29, 1.82) is 0 Å². The van der Waals surface area contributed by atoms with Crippen LogP contribution in [0.25, 0.3) is 0 Å². The minimum atomic E-state index is -3.77. The van der Waals surface area contributed by atoms with Crippen molar-refractivity contribution in [2.24, 2.45) is 10.6 Å². The lowest BCUT2D eigenvalue weighted by Gasteiger charge is -2.43. The maximum Gasteiger partial charge on any atom is 0.245 e. The van der Waals surface area contributed by atoms with E-state index in [0.29, 0.717) is 26.4 Å². The molecule has 0 aromatic carbocycles. The zero-order valence-electron chi connectivity index (χ0n) is 8.42. The Balaban J connectivity index is 2.00. The lowest BCUT2D eigenvalue weighted by molar-refractivity contribution is -0.154. The number of ether oxygens (including phenoxy) is 2. The summed E-state index contributed by atoms with van der Waals surface area (Å²) in [5.74, 6) is 0.236. The summed E-state index contributed by atoms with van der Waals surface area (Å²) < 4.78 is 34.6. The van der Waals surface area contributed by atoms with E-state index in [1.165, 1.54) is 10.9 Å². The monoisotopic (exact) mass is 245 g/mol. The Morgan fingerprint density at radius 1 is 1.44 bits per heavy atom. The third-order valence-corrected chi connectivity index (χ3v) is 3.78. The van der Waals surface area contributed by atoms with Crippen molar-refractivity contribution in [3.05, 3.63) is 6.20 Å². The summed E-state index contributed by atoms with van der Waals surface area (Å²) in [5.41, 5.74) is -0.0470. The molecule has 16 heavy (non-hydrogen) atoms. The van der Waals surface area contributed by atoms with Crippen LogP contribution in [-0.2, 0) is 21.3 Å². The first-order chi connectivity index (χ1) is 7.50. The van der Waals surface area contributed by atoms with Crippen LogP contribution >= 0.6 is 0 Å². The van der Waals surface area contributed by atoms with Gasteiger partial charge >= 0.3 is 0 Å². The minimum absolute atomic E-state index is 0.0470. The molecular weight excluding hydrogens is 234 g/mol. The Morgan fingerprint density at radius 2 is 2.19 bits per heavy atom. The van der Waals surface area contributed by atoms with Crippen LogP contribution in [0.15, 0.2) is 11.1 Å². The number of hydrogen-bond donors (Lipinski definition) is 1. The predicted octanol–water partition coefficient (Wildman–Crippen LogP) is -1.06. The van der Waals surface area contributed by atoms with Gasteiger partial charge in [0.1, 0.15) is 6.61 Å². The SMILES string of the molecule is NS(=O)(=O)c1cnn2c1OCC1(COC1)C2. The van der Waals surface area contributed by atoms with E-state index in [4.69, 9.17) is 14.6 Å². The van der Waals surface area contributed by atoms with Crippen molar-refractivity contribution in [3.63, 3.8) is 0 Å². The summed E-state index contributed by atoms with van der Waals surface area (Å²) >= 11 is 0. The lowest BCUT2D eigenvalue weighted by atomic mass is 9.86. The fraction of sp³-hybridized carbons (Fsp3) is 0.625. The molecule has 0 amide bonds. The van der Waals surface area contributed by atoms with Gasteiger partial charge in [-0.1, -0.05) is 0 Å². The average molecular weight is 245 g/mol. The molecule has 0 unspecified atom stereocenters. The molecule has 1 aromatic heterocycles. The third-order valence-electron chi connectivity index (χ3n) is 2.88. The van der Waals surface area contributed by atoms with E-state index in [1.807, 2.05) is 0 Å². The summed E-state index contributed by atoms with van der Waals surface area (Å²) in [5, 5.41) is 9.03. The predicted molar refractivity (Wildman–Crippen MR) is 52.3 cm³/mol. The van der Waals surface area contributed by atoms with Gasteiger partial charge in [0.05, 0.1) is 31.4 Å². The highest BCUT2D eigenvalue weighted by molar-refractivity contribution is 7.89. The second-order valence-electron chi connectivity index (χ2n) is 4.30. The van der Waals surface area contributed by atoms with Gasteiger partial charge in [-0.2, -0.15) is 5.10 Å². The van der Waals surface area contributed by atoms with E-state index in [-0.39, 0.29) is 16.2 Å². The molecule has 0 aliphatic carbocycles. The van der Waals surface area contributed by atoms with Gasteiger partial charge in [0.2, 0.25) is 15.9 Å². The molecule has 88 valence electrons. The zero-order chi connectivity index (χ0) is 11.4. The molecule has 1 aromatic rings. The molecular formula is C8H11N3O4S. The fourth-order valence-corrected chi connectivity index (χ4v) is 2.56. The van der Waals surface area contributed by atoms with Crippen molar-refractivity contribution in [3.8, 4) is 5.88 Å². The van der Waals surface area contributed by atoms with Crippen LogP contribution in [0.2, 0.25) is 0 Å². The van der Waals surface area contributed by atoms with Gasteiger partial charge in [-0.05, 0) is 0 Å². The summed E-state index contributed by atoms with van der Waals surface area (Å²) in [4.78, 5) is -0.0532. The highest BCUT2D eigenvalue weighted by atomic mass is 32.2. The van der Waals surface area contributed by atoms with E-state index in [1.54, 1.807) is 0 Å². The number of rotatable bonds is 1. The summed E-state index contributed by atoms with van der Waals surface area (Å²) in [7, 11) is -3.77. The molecule has 0 radical (unpaired) electrons. The maximum absolute atomic E-state index is 11.2. The van der Waals surface area contributed by atoms with Gasteiger partial charge in [-0.15, -0.1) is 0 Å². The average Bonchev–Trinajstić information content (AvgIpc) is 2.56. The topological polar surface area (TPSA) is 96.4 Å². The number of nitrogens with zero attached hydrogens (tertiary/aromatic N) is 2. The van der Waals surface area contributed by atoms with Crippen molar-refractivity contribution >= 4 is 10.0 Å². The Bertz CT molecular complexity index is 531. The number of hydrogen-bond acceptors (Lipinski definition) is 5. The van der Waals surface area contributed by atoms with Crippen LogP contribution in [0.3, 0.4) is 0 Å². The highest BCUT2D eigenvalue weighted by Crippen LogP contribution is 2.37. The van der Waals surface area contributed by atoms with Crippen LogP contribution in [-0.4, -0.2) is 38.0 Å². The molecule has 3 heterocycles. The molecule has 2 aliphatic heterocycles. The fourth-order valence-electron chi connectivity index (χ4n) is 1.96. The molecule has 2 N–H and O–H groups in total. The van der Waals surface area contributed by atoms with Gasteiger partial charge in [0, 0.05) is 0 Å². The van der Waals surface area contributed by atoms with Crippen LogP contribution in [0.1, 0.15) is 0 Å². The second-order valence-corrected chi connectivity index (χ2v) is 5.83. The Hall–Kier alpha value is -1.12. The number of fused-ring (bicyclic) bond motifs is 1. The van der Waals surface area contributed by atoms with Crippen molar-refractivity contribution in [1.82, 2.24) is 9.78 Å². The largest absolute Gasteiger partial charge is 0.476 e. The Morgan fingerprint density at radius 3 is 2.75 bits per heavy atom. The van der Waals surface area contributed by atoms with Gasteiger partial charge in [-0.3, -0.25) is 0 Å². The third kappa shape index (κ3) is 1.34. The van der Waals surface area contributed by atoms with Gasteiger partial charge in [0.15, 0.2) is 4.90 Å². The first-order valence-electron chi connectivity index (χ1n) is 4.79. The van der Waals surface area contributed by atoms with Crippen molar-refractivity contribution in [2.75, 3.05) is 19.8 Å². The van der Waals surface area contributed by atoms with Crippen LogP contribution in [0.5, 0.6) is 5.88 Å². The Kier molecular flexibility index (Phi) is 1.86. The van der Waals surface area contributed by atoms with Crippen LogP contribution < -0.4 is 9.88 Å². The molecule has 0 atom stereocenters. The van der Waals surface area contributed by atoms with Crippen LogP contribution in [0, 0.1) is 5.41 Å². The molecule has 0 bridgehead atoms.